The average molecular weight is 743 g/mol. The van der Waals surface area contributed by atoms with Crippen molar-refractivity contribution in [1.82, 2.24) is 36.8 Å². The number of hydrogen-bond acceptors (Lipinski definition) is 9. The molecule has 1 aromatic carbocycles. The number of aliphatic hydroxyl groups excluding tert-OH is 1. The van der Waals surface area contributed by atoms with E-state index < -0.39 is 103 Å². The molecule has 53 heavy (non-hydrogen) atoms. The smallest absolute Gasteiger partial charge is 0.246 e. The molecule has 2 fully saturated rings. The number of nitrogens with one attached hydrogen (secondary N) is 6. The van der Waals surface area contributed by atoms with Gasteiger partial charge in [-0.25, -0.2) is 0 Å². The number of fused-ring (bicyclic) bond motifs is 1. The first-order valence-corrected chi connectivity index (χ1v) is 18.1. The summed E-state index contributed by atoms with van der Waals surface area (Å²) < 4.78 is 0. The molecular formula is C36H54N8O9. The Balaban J connectivity index is 2.08. The first kappa shape index (κ1) is 42.4. The summed E-state index contributed by atoms with van der Waals surface area (Å²) in [5, 5.41) is 25.4. The van der Waals surface area contributed by atoms with Gasteiger partial charge in [-0.1, -0.05) is 64.4 Å². The molecule has 0 spiro atoms. The summed E-state index contributed by atoms with van der Waals surface area (Å²) in [6.07, 6.45) is 0.638. The lowest BCUT2D eigenvalue weighted by atomic mass is 9.96. The molecular weight excluding hydrogens is 688 g/mol. The van der Waals surface area contributed by atoms with E-state index in [1.165, 1.54) is 11.8 Å². The van der Waals surface area contributed by atoms with E-state index in [9.17, 15) is 43.5 Å². The molecule has 17 nitrogen and oxygen atoms in total. The van der Waals surface area contributed by atoms with Gasteiger partial charge in [-0.3, -0.25) is 38.4 Å². The van der Waals surface area contributed by atoms with Crippen LogP contribution in [-0.2, 0) is 44.8 Å². The normalized spacial score (nSPS) is 27.6. The Hall–Kier alpha value is -5.06. The van der Waals surface area contributed by atoms with Gasteiger partial charge >= 0.3 is 0 Å². The summed E-state index contributed by atoms with van der Waals surface area (Å²) in [6, 6.07) is -0.237. The number of nitrogens with two attached hydrogens (primary N) is 1. The van der Waals surface area contributed by atoms with Crippen molar-refractivity contribution in [2.75, 3.05) is 13.2 Å². The minimum absolute atomic E-state index is 0.0344. The van der Waals surface area contributed by atoms with Crippen molar-refractivity contribution in [2.45, 2.75) is 115 Å². The van der Waals surface area contributed by atoms with Crippen LogP contribution in [0.15, 0.2) is 30.3 Å². The molecule has 0 aliphatic carbocycles. The van der Waals surface area contributed by atoms with Gasteiger partial charge in [0.25, 0.3) is 0 Å². The number of carbonyl (C=O) groups is 8. The second-order valence-corrected chi connectivity index (χ2v) is 14.2. The predicted molar refractivity (Wildman–Crippen MR) is 192 cm³/mol. The van der Waals surface area contributed by atoms with E-state index in [1.807, 2.05) is 6.92 Å². The van der Waals surface area contributed by atoms with Crippen molar-refractivity contribution in [1.29, 1.82) is 0 Å². The first-order chi connectivity index (χ1) is 25.1. The van der Waals surface area contributed by atoms with Crippen molar-refractivity contribution in [3.8, 4) is 0 Å². The van der Waals surface area contributed by atoms with Crippen LogP contribution < -0.4 is 37.6 Å². The van der Waals surface area contributed by atoms with E-state index >= 15 is 0 Å². The summed E-state index contributed by atoms with van der Waals surface area (Å²) in [6.45, 7) is 7.95. The quantitative estimate of drug-likeness (QED) is 0.141. The van der Waals surface area contributed by atoms with Crippen LogP contribution >= 0.6 is 0 Å². The Bertz CT molecular complexity index is 1510. The lowest BCUT2D eigenvalue weighted by molar-refractivity contribution is -0.143. The minimum Gasteiger partial charge on any atom is -0.394 e. The molecule has 8 atom stereocenters. The van der Waals surface area contributed by atoms with E-state index in [4.69, 9.17) is 5.73 Å². The molecule has 2 saturated heterocycles. The van der Waals surface area contributed by atoms with Gasteiger partial charge in [0.2, 0.25) is 47.3 Å². The molecule has 0 bridgehead atoms. The monoisotopic (exact) mass is 742 g/mol. The molecule has 3 rings (SSSR count). The van der Waals surface area contributed by atoms with Crippen molar-refractivity contribution >= 4 is 47.3 Å². The summed E-state index contributed by atoms with van der Waals surface area (Å²) >= 11 is 0. The molecule has 1 aromatic rings. The second kappa shape index (κ2) is 19.7. The van der Waals surface area contributed by atoms with Crippen molar-refractivity contribution in [3.63, 3.8) is 0 Å². The highest BCUT2D eigenvalue weighted by atomic mass is 16.3. The Morgan fingerprint density at radius 2 is 1.36 bits per heavy atom. The van der Waals surface area contributed by atoms with E-state index in [0.717, 1.165) is 0 Å². The molecule has 2 aliphatic heterocycles. The molecule has 1 unspecified atom stereocenters. The number of primary amides is 1. The highest BCUT2D eigenvalue weighted by Gasteiger charge is 2.41. The Morgan fingerprint density at radius 3 is 1.96 bits per heavy atom. The van der Waals surface area contributed by atoms with Crippen molar-refractivity contribution < 1.29 is 43.5 Å². The van der Waals surface area contributed by atoms with Gasteiger partial charge < -0.3 is 47.6 Å². The van der Waals surface area contributed by atoms with Crippen LogP contribution in [0.4, 0.5) is 0 Å². The zero-order chi connectivity index (χ0) is 39.4. The molecule has 2 heterocycles. The molecule has 9 N–H and O–H groups in total. The van der Waals surface area contributed by atoms with Crippen LogP contribution in [0.3, 0.4) is 0 Å². The third-order valence-electron chi connectivity index (χ3n) is 9.48. The predicted octanol–water partition coefficient (Wildman–Crippen LogP) is -1.88. The molecule has 0 aromatic heterocycles. The Kier molecular flexibility index (Phi) is 15.7. The topological polar surface area (TPSA) is 258 Å². The Labute approximate surface area is 309 Å². The number of nitrogens with zero attached hydrogens (tertiary/aromatic N) is 1. The van der Waals surface area contributed by atoms with Gasteiger partial charge in [-0.05, 0) is 43.6 Å². The maximum atomic E-state index is 14.1. The van der Waals surface area contributed by atoms with Crippen molar-refractivity contribution in [2.24, 2.45) is 17.6 Å². The summed E-state index contributed by atoms with van der Waals surface area (Å²) in [7, 11) is 0. The number of rotatable bonds is 9. The SMILES string of the molecule is CC[C@H](C)C1NC(=O)[C@H](C)NC(=O)[C@H](CC(C)C)NC(=O)[C@H](CO)NC(=O)[C@H](CC(N)=O)NC(=O)[C@H](Cc2ccccc2)NC(=O)[C@@H]2CCCN2C1=O. The zero-order valence-electron chi connectivity index (χ0n) is 31.0. The van der Waals surface area contributed by atoms with Crippen LogP contribution in [0.5, 0.6) is 0 Å². The van der Waals surface area contributed by atoms with Gasteiger partial charge in [0.15, 0.2) is 0 Å². The maximum Gasteiger partial charge on any atom is 0.246 e. The van der Waals surface area contributed by atoms with Crippen LogP contribution in [0, 0.1) is 11.8 Å². The highest BCUT2D eigenvalue weighted by Crippen LogP contribution is 2.22. The summed E-state index contributed by atoms with van der Waals surface area (Å²) in [4.78, 5) is 109. The third kappa shape index (κ3) is 12.0. The zero-order valence-corrected chi connectivity index (χ0v) is 31.0. The van der Waals surface area contributed by atoms with E-state index in [0.29, 0.717) is 18.4 Å². The van der Waals surface area contributed by atoms with Gasteiger partial charge in [0.05, 0.1) is 13.0 Å². The fourth-order valence-corrected chi connectivity index (χ4v) is 6.27. The van der Waals surface area contributed by atoms with Crippen LogP contribution in [0.2, 0.25) is 0 Å². The number of aliphatic hydroxyl groups is 1. The van der Waals surface area contributed by atoms with E-state index in [2.05, 4.69) is 31.9 Å². The van der Waals surface area contributed by atoms with Crippen LogP contribution in [0.25, 0.3) is 0 Å². The third-order valence-corrected chi connectivity index (χ3v) is 9.48. The van der Waals surface area contributed by atoms with Gasteiger partial charge in [-0.15, -0.1) is 0 Å². The molecule has 8 amide bonds. The fraction of sp³-hybridized carbons (Fsp3) is 0.611. The van der Waals surface area contributed by atoms with Gasteiger partial charge in [0.1, 0.15) is 42.3 Å². The van der Waals surface area contributed by atoms with Crippen molar-refractivity contribution in [3.05, 3.63) is 35.9 Å². The highest BCUT2D eigenvalue weighted by molar-refractivity contribution is 5.99. The Morgan fingerprint density at radius 1 is 0.792 bits per heavy atom. The average Bonchev–Trinajstić information content (AvgIpc) is 3.61. The molecule has 2 aliphatic rings. The molecule has 292 valence electrons. The summed E-state index contributed by atoms with van der Waals surface area (Å²) in [5.74, 6) is -6.85. The first-order valence-electron chi connectivity index (χ1n) is 18.1. The van der Waals surface area contributed by atoms with E-state index in [-0.39, 0.29) is 37.6 Å². The molecule has 17 heteroatoms. The number of carbonyl (C=O) groups excluding carboxylic acids is 8. The minimum atomic E-state index is -1.63. The van der Waals surface area contributed by atoms with E-state index in [1.54, 1.807) is 51.1 Å². The lowest BCUT2D eigenvalue weighted by Crippen LogP contribution is -2.60. The molecule has 0 saturated carbocycles. The van der Waals surface area contributed by atoms with Gasteiger partial charge in [-0.2, -0.15) is 0 Å². The number of amides is 8. The number of benzene rings is 1. The fourth-order valence-electron chi connectivity index (χ4n) is 6.27. The van der Waals surface area contributed by atoms with Gasteiger partial charge in [0, 0.05) is 13.0 Å². The molecule has 0 radical (unpaired) electrons. The number of hydrogen-bond donors (Lipinski definition) is 8. The van der Waals surface area contributed by atoms with Crippen LogP contribution in [0.1, 0.15) is 72.3 Å². The van der Waals surface area contributed by atoms with Crippen LogP contribution in [-0.4, -0.2) is 113 Å². The largest absolute Gasteiger partial charge is 0.394 e. The standard InChI is InChI=1S/C36H54N8O9/c1-6-20(4)29-36(53)44-14-10-13-27(44)35(52)41-24(16-22-11-8-7-9-12-22)32(49)40-25(17-28(37)46)33(50)42-26(18-45)34(51)39-23(15-19(2)3)31(48)38-21(5)30(47)43-29/h7-9,11-12,19-21,23-27,29,45H,6,10,13-18H2,1-5H3,(H2,37,46)(H,38,48)(H,39,51)(H,40,49)(H,41,52)(H,42,50)(H,43,47)/t20-,21-,23-,24-,25-,26-,27-,29?/m0/s1. The lowest BCUT2D eigenvalue weighted by Gasteiger charge is -2.32. The second-order valence-electron chi connectivity index (χ2n) is 14.2. The maximum absolute atomic E-state index is 14.1. The summed E-state index contributed by atoms with van der Waals surface area (Å²) in [5.41, 5.74) is 6.06.